The number of benzene rings is 1. The molecular formula is C11H12BClO6S2. The van der Waals surface area contributed by atoms with Crippen molar-refractivity contribution in [2.75, 3.05) is 5.75 Å². The van der Waals surface area contributed by atoms with Crippen molar-refractivity contribution in [3.63, 3.8) is 0 Å². The predicted octanol–water partition coefficient (Wildman–Crippen LogP) is 1.06. The lowest BCUT2D eigenvalue weighted by molar-refractivity contribution is 0.0982. The Hall–Kier alpha value is -0.575. The number of Topliss-reactive ketones (excluding diaryl/α,β-unsaturated/α-hetero) is 1. The number of ketones is 1. The molecule has 1 aliphatic rings. The Labute approximate surface area is 131 Å². The van der Waals surface area contributed by atoms with Gasteiger partial charge in [0, 0.05) is 17.7 Å². The summed E-state index contributed by atoms with van der Waals surface area (Å²) < 4.78 is 34.7. The van der Waals surface area contributed by atoms with Gasteiger partial charge in [-0.1, -0.05) is 11.6 Å². The Balaban J connectivity index is 2.01. The van der Waals surface area contributed by atoms with Crippen molar-refractivity contribution >= 4 is 49.9 Å². The van der Waals surface area contributed by atoms with Crippen LogP contribution in [0.2, 0.25) is 5.02 Å². The summed E-state index contributed by atoms with van der Waals surface area (Å²) in [4.78, 5) is 12.1. The number of hydrogen-bond donors (Lipinski definition) is 2. The summed E-state index contributed by atoms with van der Waals surface area (Å²) in [6.45, 7) is 0.246. The smallest absolute Gasteiger partial charge is 0.423 e. The van der Waals surface area contributed by atoms with Gasteiger partial charge in [0.1, 0.15) is 0 Å². The van der Waals surface area contributed by atoms with Gasteiger partial charge in [-0.15, -0.1) is 0 Å². The normalized spacial score (nSPS) is 14.3. The molecule has 1 aromatic rings. The monoisotopic (exact) mass is 350 g/mol. The van der Waals surface area contributed by atoms with Gasteiger partial charge in [-0.05, 0) is 40.4 Å². The summed E-state index contributed by atoms with van der Waals surface area (Å²) in [5.41, 5.74) is 1.54. The molecule has 0 saturated heterocycles. The maximum Gasteiger partial charge on any atom is 0.491 e. The van der Waals surface area contributed by atoms with Gasteiger partial charge in [0.25, 0.3) is 0 Å². The number of fused-ring (bicyclic) bond motifs is 1. The summed E-state index contributed by atoms with van der Waals surface area (Å²) in [6, 6.07) is 3.10. The number of halogens is 1. The minimum absolute atomic E-state index is 0.0952. The zero-order valence-electron chi connectivity index (χ0n) is 10.8. The second kappa shape index (κ2) is 6.68. The SMILES string of the molecule is O=C(CCCSS(=O)(=O)O)c1cc2c(cc1Cl)COB2O. The van der Waals surface area contributed by atoms with E-state index in [-0.39, 0.29) is 41.6 Å². The highest BCUT2D eigenvalue weighted by Crippen LogP contribution is 2.23. The van der Waals surface area contributed by atoms with Crippen molar-refractivity contribution in [1.82, 2.24) is 0 Å². The topological polar surface area (TPSA) is 101 Å². The lowest BCUT2D eigenvalue weighted by atomic mass is 9.78. The molecule has 1 aromatic carbocycles. The van der Waals surface area contributed by atoms with Crippen LogP contribution in [0.5, 0.6) is 0 Å². The molecule has 0 aromatic heterocycles. The standard InChI is InChI=1S/C11H12BClO6S2/c13-10-4-7-6-19-12(15)9(7)5-8(10)11(14)2-1-3-20-21(16,17)18/h4-5,15H,1-3,6H2,(H,16,17,18). The molecule has 0 saturated carbocycles. The minimum Gasteiger partial charge on any atom is -0.423 e. The Kier molecular flexibility index (Phi) is 5.34. The summed E-state index contributed by atoms with van der Waals surface area (Å²) in [7, 11) is -4.76. The Morgan fingerprint density at radius 1 is 1.48 bits per heavy atom. The largest absolute Gasteiger partial charge is 0.491 e. The number of carbonyl (C=O) groups is 1. The average molecular weight is 351 g/mol. The maximum atomic E-state index is 12.1. The van der Waals surface area contributed by atoms with Crippen LogP contribution < -0.4 is 5.46 Å². The van der Waals surface area contributed by atoms with E-state index in [4.69, 9.17) is 20.8 Å². The molecule has 0 fully saturated rings. The van der Waals surface area contributed by atoms with Crippen molar-refractivity contribution in [1.29, 1.82) is 0 Å². The third kappa shape index (κ3) is 4.45. The molecule has 1 heterocycles. The Morgan fingerprint density at radius 3 is 2.86 bits per heavy atom. The van der Waals surface area contributed by atoms with Gasteiger partial charge < -0.3 is 9.68 Å². The first kappa shape index (κ1) is 16.8. The fourth-order valence-electron chi connectivity index (χ4n) is 1.99. The van der Waals surface area contributed by atoms with Crippen LogP contribution in [0.25, 0.3) is 0 Å². The zero-order chi connectivity index (χ0) is 15.6. The zero-order valence-corrected chi connectivity index (χ0v) is 13.2. The van der Waals surface area contributed by atoms with Gasteiger partial charge in [-0.3, -0.25) is 9.35 Å². The molecule has 21 heavy (non-hydrogen) atoms. The predicted molar refractivity (Wildman–Crippen MR) is 81.4 cm³/mol. The van der Waals surface area contributed by atoms with Crippen LogP contribution in [0.4, 0.5) is 0 Å². The molecule has 0 atom stereocenters. The second-order valence-electron chi connectivity index (χ2n) is 4.47. The molecule has 0 amide bonds. The highest BCUT2D eigenvalue weighted by atomic mass is 35.5. The fraction of sp³-hybridized carbons (Fsp3) is 0.364. The van der Waals surface area contributed by atoms with Crippen LogP contribution in [-0.4, -0.2) is 36.6 Å². The lowest BCUT2D eigenvalue weighted by Crippen LogP contribution is -2.28. The molecule has 6 nitrogen and oxygen atoms in total. The Bertz CT molecular complexity index is 663. The summed E-state index contributed by atoms with van der Waals surface area (Å²) in [5, 5.41) is 9.88. The summed E-state index contributed by atoms with van der Waals surface area (Å²) in [6.07, 6.45) is 0.383. The molecule has 2 N–H and O–H groups in total. The van der Waals surface area contributed by atoms with Crippen LogP contribution in [0.15, 0.2) is 12.1 Å². The van der Waals surface area contributed by atoms with E-state index in [2.05, 4.69) is 0 Å². The lowest BCUT2D eigenvalue weighted by Gasteiger charge is -2.07. The van der Waals surface area contributed by atoms with Gasteiger partial charge >= 0.3 is 16.3 Å². The molecule has 10 heteroatoms. The van der Waals surface area contributed by atoms with Crippen LogP contribution in [0.3, 0.4) is 0 Å². The van der Waals surface area contributed by atoms with E-state index < -0.39 is 16.3 Å². The molecule has 0 aliphatic carbocycles. The summed E-state index contributed by atoms with van der Waals surface area (Å²) >= 11 is 6.04. The van der Waals surface area contributed by atoms with Crippen molar-refractivity contribution in [3.05, 3.63) is 28.3 Å². The second-order valence-corrected chi connectivity index (χ2v) is 8.35. The maximum absolute atomic E-state index is 12.1. The summed E-state index contributed by atoms with van der Waals surface area (Å²) in [5.74, 6) is -0.142. The third-order valence-electron chi connectivity index (χ3n) is 2.97. The number of hydrogen-bond acceptors (Lipinski definition) is 6. The first-order valence-electron chi connectivity index (χ1n) is 6.05. The number of rotatable bonds is 6. The first-order valence-corrected chi connectivity index (χ1v) is 9.37. The minimum atomic E-state index is -4.08. The molecule has 0 spiro atoms. The van der Waals surface area contributed by atoms with Gasteiger partial charge in [0.2, 0.25) is 0 Å². The van der Waals surface area contributed by atoms with Crippen LogP contribution >= 0.6 is 22.4 Å². The molecule has 0 bridgehead atoms. The quantitative estimate of drug-likeness (QED) is 0.260. The van der Waals surface area contributed by atoms with Crippen LogP contribution in [-0.2, 0) is 20.4 Å². The molecule has 1 aliphatic heterocycles. The first-order chi connectivity index (χ1) is 9.78. The van der Waals surface area contributed by atoms with E-state index in [1.165, 1.54) is 6.07 Å². The van der Waals surface area contributed by atoms with Crippen molar-refractivity contribution < 1.29 is 27.4 Å². The fourth-order valence-corrected chi connectivity index (χ4v) is 3.74. The molecule has 0 unspecified atom stereocenters. The molecule has 0 radical (unpaired) electrons. The van der Waals surface area contributed by atoms with Crippen molar-refractivity contribution in [3.8, 4) is 0 Å². The van der Waals surface area contributed by atoms with Gasteiger partial charge in [-0.25, -0.2) is 0 Å². The van der Waals surface area contributed by atoms with E-state index in [0.29, 0.717) is 16.3 Å². The van der Waals surface area contributed by atoms with Gasteiger partial charge in [0.05, 0.1) is 11.6 Å². The van der Waals surface area contributed by atoms with Gasteiger partial charge in [0.15, 0.2) is 5.78 Å². The Morgan fingerprint density at radius 2 is 2.19 bits per heavy atom. The van der Waals surface area contributed by atoms with Gasteiger partial charge in [-0.2, -0.15) is 8.42 Å². The van der Waals surface area contributed by atoms with Crippen molar-refractivity contribution in [2.45, 2.75) is 19.4 Å². The van der Waals surface area contributed by atoms with E-state index in [0.717, 1.165) is 5.56 Å². The van der Waals surface area contributed by atoms with Crippen LogP contribution in [0.1, 0.15) is 28.8 Å². The van der Waals surface area contributed by atoms with Crippen LogP contribution in [0, 0.1) is 0 Å². The van der Waals surface area contributed by atoms with E-state index in [1.54, 1.807) is 6.07 Å². The third-order valence-corrected chi connectivity index (χ3v) is 5.43. The molecular weight excluding hydrogens is 339 g/mol. The van der Waals surface area contributed by atoms with E-state index in [9.17, 15) is 18.2 Å². The van der Waals surface area contributed by atoms with Crippen molar-refractivity contribution in [2.24, 2.45) is 0 Å². The molecule has 2 rings (SSSR count). The van der Waals surface area contributed by atoms with E-state index in [1.807, 2.05) is 0 Å². The highest BCUT2D eigenvalue weighted by molar-refractivity contribution is 8.69. The number of carbonyl (C=O) groups excluding carboxylic acids is 1. The average Bonchev–Trinajstić information content (AvgIpc) is 2.73. The highest BCUT2D eigenvalue weighted by Gasteiger charge is 2.29. The van der Waals surface area contributed by atoms with E-state index >= 15 is 0 Å². The molecule has 114 valence electrons.